The number of nitrogens with zero attached hydrogens (tertiary/aromatic N) is 1. The number of pyridine rings is 1. The lowest BCUT2D eigenvalue weighted by Gasteiger charge is -2.24. The summed E-state index contributed by atoms with van der Waals surface area (Å²) in [5.74, 6) is -0.177. The second-order valence-corrected chi connectivity index (χ2v) is 4.21. The van der Waals surface area contributed by atoms with E-state index < -0.39 is 5.54 Å². The number of rotatable bonds is 3. The van der Waals surface area contributed by atoms with Crippen LogP contribution in [0.1, 0.15) is 29.9 Å². The van der Waals surface area contributed by atoms with E-state index in [1.54, 1.807) is 12.3 Å². The predicted molar refractivity (Wildman–Crippen MR) is 74.1 cm³/mol. The highest BCUT2D eigenvalue weighted by Gasteiger charge is 2.20. The van der Waals surface area contributed by atoms with Crippen LogP contribution in [-0.2, 0) is 0 Å². The van der Waals surface area contributed by atoms with Gasteiger partial charge in [0.2, 0.25) is 0 Å². The summed E-state index contributed by atoms with van der Waals surface area (Å²) < 4.78 is 0. The molecule has 0 fully saturated rings. The molecule has 1 aromatic rings. The molecule has 6 heteroatoms. The van der Waals surface area contributed by atoms with Gasteiger partial charge in [0.05, 0.1) is 0 Å². The van der Waals surface area contributed by atoms with Gasteiger partial charge in [-0.3, -0.25) is 9.78 Å². The number of nitrogens with two attached hydrogens (primary N) is 1. The molecule has 1 aromatic heterocycles. The molecule has 0 aliphatic heterocycles. The quantitative estimate of drug-likeness (QED) is 0.885. The second-order valence-electron chi connectivity index (χ2n) is 4.21. The third-order valence-corrected chi connectivity index (χ3v) is 2.19. The number of aromatic nitrogens is 1. The molecule has 4 nitrogen and oxygen atoms in total. The van der Waals surface area contributed by atoms with Gasteiger partial charge in [0.1, 0.15) is 5.69 Å². The Labute approximate surface area is 114 Å². The standard InChI is InChI=1S/C11H17N3O.2ClH/c1-8-5-4-6-13-9(8)10(15)14-11(2,3)7-12;;/h4-6H,7,12H2,1-3H3,(H,14,15);2*1H. The summed E-state index contributed by atoms with van der Waals surface area (Å²) in [6.45, 7) is 6.01. The van der Waals surface area contributed by atoms with Gasteiger partial charge in [-0.05, 0) is 32.4 Å². The average molecular weight is 280 g/mol. The maximum Gasteiger partial charge on any atom is 0.270 e. The van der Waals surface area contributed by atoms with Crippen LogP contribution in [0.4, 0.5) is 0 Å². The molecule has 0 spiro atoms. The van der Waals surface area contributed by atoms with Crippen LogP contribution in [0.15, 0.2) is 18.3 Å². The third-order valence-electron chi connectivity index (χ3n) is 2.19. The van der Waals surface area contributed by atoms with Crippen molar-refractivity contribution in [1.82, 2.24) is 10.3 Å². The van der Waals surface area contributed by atoms with Crippen molar-refractivity contribution < 1.29 is 4.79 Å². The molecule has 0 bridgehead atoms. The zero-order valence-electron chi connectivity index (χ0n) is 10.2. The molecule has 1 rings (SSSR count). The van der Waals surface area contributed by atoms with Gasteiger partial charge in [-0.2, -0.15) is 0 Å². The van der Waals surface area contributed by atoms with E-state index in [1.807, 2.05) is 26.8 Å². The zero-order chi connectivity index (χ0) is 11.5. The monoisotopic (exact) mass is 279 g/mol. The minimum Gasteiger partial charge on any atom is -0.345 e. The Hall–Kier alpha value is -0.840. The van der Waals surface area contributed by atoms with Gasteiger partial charge >= 0.3 is 0 Å². The molecule has 0 saturated carbocycles. The number of aryl methyl sites for hydroxylation is 1. The lowest BCUT2D eigenvalue weighted by Crippen LogP contribution is -2.49. The Kier molecular flexibility index (Phi) is 8.15. The van der Waals surface area contributed by atoms with Crippen LogP contribution in [-0.4, -0.2) is 23.0 Å². The van der Waals surface area contributed by atoms with Gasteiger partial charge < -0.3 is 11.1 Å². The summed E-state index contributed by atoms with van der Waals surface area (Å²) in [6, 6.07) is 3.66. The molecule has 17 heavy (non-hydrogen) atoms. The number of carbonyl (C=O) groups excluding carboxylic acids is 1. The Morgan fingerprint density at radius 1 is 1.47 bits per heavy atom. The Balaban J connectivity index is 0. The fourth-order valence-electron chi connectivity index (χ4n) is 1.14. The van der Waals surface area contributed by atoms with E-state index in [0.29, 0.717) is 12.2 Å². The van der Waals surface area contributed by atoms with Crippen LogP contribution in [0.2, 0.25) is 0 Å². The molecule has 0 atom stereocenters. The summed E-state index contributed by atoms with van der Waals surface area (Å²) in [5, 5.41) is 2.84. The highest BCUT2D eigenvalue weighted by molar-refractivity contribution is 5.94. The molecule has 0 aliphatic rings. The number of carbonyl (C=O) groups is 1. The first-order valence-corrected chi connectivity index (χ1v) is 4.90. The van der Waals surface area contributed by atoms with Crippen molar-refractivity contribution in [3.05, 3.63) is 29.6 Å². The normalized spacial score (nSPS) is 9.88. The lowest BCUT2D eigenvalue weighted by atomic mass is 10.1. The maximum absolute atomic E-state index is 11.8. The SMILES string of the molecule is Cc1cccnc1C(=O)NC(C)(C)CN.Cl.Cl. The van der Waals surface area contributed by atoms with E-state index in [2.05, 4.69) is 10.3 Å². The van der Waals surface area contributed by atoms with Crippen LogP contribution >= 0.6 is 24.8 Å². The molecular formula is C11H19Cl2N3O. The summed E-state index contributed by atoms with van der Waals surface area (Å²) in [6.07, 6.45) is 1.61. The van der Waals surface area contributed by atoms with E-state index >= 15 is 0 Å². The molecule has 98 valence electrons. The van der Waals surface area contributed by atoms with Crippen LogP contribution in [0.3, 0.4) is 0 Å². The van der Waals surface area contributed by atoms with Gasteiger partial charge in [-0.1, -0.05) is 6.07 Å². The zero-order valence-corrected chi connectivity index (χ0v) is 11.8. The minimum atomic E-state index is -0.402. The van der Waals surface area contributed by atoms with Crippen molar-refractivity contribution >= 4 is 30.7 Å². The summed E-state index contributed by atoms with van der Waals surface area (Å²) in [7, 11) is 0. The van der Waals surface area contributed by atoms with E-state index in [4.69, 9.17) is 5.73 Å². The van der Waals surface area contributed by atoms with Crippen molar-refractivity contribution in [3.8, 4) is 0 Å². The smallest absolute Gasteiger partial charge is 0.270 e. The molecule has 0 aromatic carbocycles. The van der Waals surface area contributed by atoms with Crippen molar-refractivity contribution in [1.29, 1.82) is 0 Å². The van der Waals surface area contributed by atoms with E-state index in [9.17, 15) is 4.79 Å². The van der Waals surface area contributed by atoms with Gasteiger partial charge in [-0.25, -0.2) is 0 Å². The highest BCUT2D eigenvalue weighted by atomic mass is 35.5. The van der Waals surface area contributed by atoms with Gasteiger partial charge in [-0.15, -0.1) is 24.8 Å². The molecule has 3 N–H and O–H groups in total. The Morgan fingerprint density at radius 2 is 2.06 bits per heavy atom. The first-order valence-electron chi connectivity index (χ1n) is 4.90. The van der Waals surface area contributed by atoms with Gasteiger partial charge in [0, 0.05) is 18.3 Å². The second kappa shape index (κ2) is 7.48. The Morgan fingerprint density at radius 3 is 2.53 bits per heavy atom. The Bertz CT molecular complexity index is 369. The van der Waals surface area contributed by atoms with Gasteiger partial charge in [0.25, 0.3) is 5.91 Å². The third kappa shape index (κ3) is 5.35. The van der Waals surface area contributed by atoms with Crippen LogP contribution in [0.25, 0.3) is 0 Å². The van der Waals surface area contributed by atoms with E-state index in [1.165, 1.54) is 0 Å². The fourth-order valence-corrected chi connectivity index (χ4v) is 1.14. The maximum atomic E-state index is 11.8. The molecule has 1 heterocycles. The van der Waals surface area contributed by atoms with E-state index in [-0.39, 0.29) is 30.7 Å². The van der Waals surface area contributed by atoms with Crippen molar-refractivity contribution in [2.24, 2.45) is 5.73 Å². The first-order chi connectivity index (χ1) is 6.96. The molecule has 0 saturated heterocycles. The van der Waals surface area contributed by atoms with Crippen molar-refractivity contribution in [2.75, 3.05) is 6.54 Å². The van der Waals surface area contributed by atoms with E-state index in [0.717, 1.165) is 5.56 Å². The minimum absolute atomic E-state index is 0. The number of nitrogens with one attached hydrogen (secondary N) is 1. The topological polar surface area (TPSA) is 68.0 Å². The van der Waals surface area contributed by atoms with Crippen molar-refractivity contribution in [2.45, 2.75) is 26.3 Å². The number of amides is 1. The van der Waals surface area contributed by atoms with Crippen LogP contribution in [0.5, 0.6) is 0 Å². The fraction of sp³-hybridized carbons (Fsp3) is 0.455. The molecule has 0 unspecified atom stereocenters. The average Bonchev–Trinajstić information content (AvgIpc) is 2.17. The molecule has 0 aliphatic carbocycles. The molecular weight excluding hydrogens is 261 g/mol. The summed E-state index contributed by atoms with van der Waals surface area (Å²) in [5.41, 5.74) is 6.46. The number of hydrogen-bond donors (Lipinski definition) is 2. The summed E-state index contributed by atoms with van der Waals surface area (Å²) >= 11 is 0. The summed E-state index contributed by atoms with van der Waals surface area (Å²) in [4.78, 5) is 15.9. The van der Waals surface area contributed by atoms with Crippen LogP contribution < -0.4 is 11.1 Å². The van der Waals surface area contributed by atoms with Crippen molar-refractivity contribution in [3.63, 3.8) is 0 Å². The first kappa shape index (κ1) is 18.5. The lowest BCUT2D eigenvalue weighted by molar-refractivity contribution is 0.0910. The number of halogens is 2. The number of hydrogen-bond acceptors (Lipinski definition) is 3. The van der Waals surface area contributed by atoms with Crippen LogP contribution in [0, 0.1) is 6.92 Å². The predicted octanol–water partition coefficient (Wildman–Crippen LogP) is 1.70. The largest absolute Gasteiger partial charge is 0.345 e. The molecule has 0 radical (unpaired) electrons. The van der Waals surface area contributed by atoms with Gasteiger partial charge in [0.15, 0.2) is 0 Å². The molecule has 1 amide bonds. The highest BCUT2D eigenvalue weighted by Crippen LogP contribution is 2.06.